The predicted molar refractivity (Wildman–Crippen MR) is 252 cm³/mol. The highest BCUT2D eigenvalue weighted by Crippen LogP contribution is 2.16. The Kier molecular flexibility index (Phi) is 41.9. The van der Waals surface area contributed by atoms with E-state index >= 15 is 0 Å². The first-order valence-electron chi connectivity index (χ1n) is 25.4. The third-order valence-electron chi connectivity index (χ3n) is 11.6. The van der Waals surface area contributed by atoms with E-state index in [-0.39, 0.29) is 36.2 Å². The van der Waals surface area contributed by atoms with Gasteiger partial charge in [-0.15, -0.1) is 0 Å². The molecule has 8 nitrogen and oxygen atoms in total. The number of rotatable bonds is 46. The molecule has 0 saturated heterocycles. The zero-order chi connectivity index (χ0) is 44.2. The number of unbranched alkanes of at least 4 members (excludes halogenated alkanes) is 29. The number of allylic oxidation sites excluding steroid dienone is 4. The molecule has 60 heavy (non-hydrogen) atoms. The summed E-state index contributed by atoms with van der Waals surface area (Å²) in [5.74, 6) is -1.47. The number of quaternary nitrogens is 1. The first kappa shape index (κ1) is 57.8. The zero-order valence-electron chi connectivity index (χ0n) is 40.2. The number of carbonyl (C=O) groups excluding carboxylic acids is 2. The maximum absolute atomic E-state index is 12.8. The average Bonchev–Trinajstić information content (AvgIpc) is 3.21. The lowest BCUT2D eigenvalue weighted by molar-refractivity contribution is -0.887. The highest BCUT2D eigenvalue weighted by molar-refractivity contribution is 5.72. The van der Waals surface area contributed by atoms with Crippen LogP contribution < -0.4 is 0 Å². The third kappa shape index (κ3) is 41.2. The van der Waals surface area contributed by atoms with Crippen LogP contribution in [0.15, 0.2) is 24.3 Å². The summed E-state index contributed by atoms with van der Waals surface area (Å²) in [4.78, 5) is 37.1. The SMILES string of the molecule is CCCCC/C=C/C=C/CCCCCCCCC(=O)OCC(COCCC(C(=O)O)[N+](C)(C)C)OC(=O)CCCCCCCCCCCCCCCCCCCCCCC. The Balaban J connectivity index is 4.22. The van der Waals surface area contributed by atoms with Crippen molar-refractivity contribution < 1.29 is 38.2 Å². The highest BCUT2D eigenvalue weighted by atomic mass is 16.6. The van der Waals surface area contributed by atoms with Gasteiger partial charge in [0.05, 0.1) is 34.4 Å². The molecule has 0 aliphatic carbocycles. The standard InChI is InChI=1S/C52H97NO7/c1-6-8-10-12-14-16-18-20-22-23-24-25-26-27-29-31-33-35-37-39-41-43-51(55)60-48(46-58-45-44-49(52(56)57)53(3,4)5)47-59-50(54)42-40-38-36-34-32-30-28-21-19-17-15-13-11-9-7-2/h15,17,19,21,48-49H,6-14,16,18,20,22-47H2,1-5H3/p+1/b17-15+,21-19+. The van der Waals surface area contributed by atoms with Crippen molar-refractivity contribution >= 4 is 17.9 Å². The number of ether oxygens (including phenoxy) is 3. The van der Waals surface area contributed by atoms with E-state index in [1.54, 1.807) is 0 Å². The molecule has 0 aromatic rings. The van der Waals surface area contributed by atoms with Crippen LogP contribution in [0.1, 0.15) is 239 Å². The minimum Gasteiger partial charge on any atom is -0.477 e. The first-order chi connectivity index (χ1) is 29.1. The van der Waals surface area contributed by atoms with Gasteiger partial charge < -0.3 is 23.8 Å². The summed E-state index contributed by atoms with van der Waals surface area (Å²) in [6.07, 6.45) is 49.4. The summed E-state index contributed by atoms with van der Waals surface area (Å²) >= 11 is 0. The fourth-order valence-corrected chi connectivity index (χ4v) is 7.67. The molecule has 0 aliphatic rings. The molecule has 2 unspecified atom stereocenters. The fourth-order valence-electron chi connectivity index (χ4n) is 7.67. The van der Waals surface area contributed by atoms with Crippen molar-refractivity contribution in [1.29, 1.82) is 0 Å². The van der Waals surface area contributed by atoms with Crippen molar-refractivity contribution in [3.63, 3.8) is 0 Å². The van der Waals surface area contributed by atoms with Crippen LogP contribution in [0, 0.1) is 0 Å². The summed E-state index contributed by atoms with van der Waals surface area (Å²) in [5, 5.41) is 9.64. The van der Waals surface area contributed by atoms with E-state index in [1.165, 1.54) is 161 Å². The van der Waals surface area contributed by atoms with Crippen molar-refractivity contribution in [2.75, 3.05) is 41.0 Å². The molecule has 0 rings (SSSR count). The lowest BCUT2D eigenvalue weighted by atomic mass is 10.0. The first-order valence-corrected chi connectivity index (χ1v) is 25.4. The maximum Gasteiger partial charge on any atom is 0.362 e. The van der Waals surface area contributed by atoms with Crippen molar-refractivity contribution in [3.05, 3.63) is 24.3 Å². The molecule has 352 valence electrons. The van der Waals surface area contributed by atoms with Gasteiger partial charge in [-0.05, 0) is 38.5 Å². The topological polar surface area (TPSA) is 99.1 Å². The summed E-state index contributed by atoms with van der Waals surface area (Å²) in [6.45, 7) is 4.73. The Hall–Kier alpha value is -2.19. The van der Waals surface area contributed by atoms with E-state index in [0.717, 1.165) is 44.9 Å². The number of hydrogen-bond donors (Lipinski definition) is 1. The molecule has 2 atom stereocenters. The quantitative estimate of drug-likeness (QED) is 0.0282. The fraction of sp³-hybridized carbons (Fsp3) is 0.865. The van der Waals surface area contributed by atoms with Crippen LogP contribution in [0.3, 0.4) is 0 Å². The van der Waals surface area contributed by atoms with Gasteiger partial charge in [0.1, 0.15) is 6.61 Å². The van der Waals surface area contributed by atoms with Gasteiger partial charge in [0.2, 0.25) is 0 Å². The predicted octanol–water partition coefficient (Wildman–Crippen LogP) is 14.4. The smallest absolute Gasteiger partial charge is 0.362 e. The van der Waals surface area contributed by atoms with E-state index in [1.807, 2.05) is 21.1 Å². The minimum absolute atomic E-state index is 0.0526. The van der Waals surface area contributed by atoms with Gasteiger partial charge in [-0.2, -0.15) is 0 Å². The normalized spacial score (nSPS) is 13.0. The molecule has 0 fully saturated rings. The van der Waals surface area contributed by atoms with Crippen molar-refractivity contribution in [2.45, 2.75) is 251 Å². The molecule has 0 aromatic carbocycles. The number of aliphatic carboxylic acids is 1. The molecule has 0 aromatic heterocycles. The van der Waals surface area contributed by atoms with Crippen LogP contribution in [0.25, 0.3) is 0 Å². The van der Waals surface area contributed by atoms with Crippen molar-refractivity contribution in [2.24, 2.45) is 0 Å². The third-order valence-corrected chi connectivity index (χ3v) is 11.6. The molecular formula is C52H98NO7+. The van der Waals surface area contributed by atoms with Gasteiger partial charge >= 0.3 is 17.9 Å². The van der Waals surface area contributed by atoms with Crippen molar-refractivity contribution in [1.82, 2.24) is 0 Å². The maximum atomic E-state index is 12.8. The van der Waals surface area contributed by atoms with Crippen LogP contribution >= 0.6 is 0 Å². The van der Waals surface area contributed by atoms with Crippen LogP contribution in [0.5, 0.6) is 0 Å². The summed E-state index contributed by atoms with van der Waals surface area (Å²) in [5.41, 5.74) is 0. The molecule has 8 heteroatoms. The molecule has 0 amide bonds. The molecule has 0 heterocycles. The van der Waals surface area contributed by atoms with E-state index in [9.17, 15) is 19.5 Å². The number of carboxylic acids is 1. The second-order valence-electron chi connectivity index (χ2n) is 18.5. The second-order valence-corrected chi connectivity index (χ2v) is 18.5. The molecule has 0 bridgehead atoms. The summed E-state index contributed by atoms with van der Waals surface area (Å²) in [6, 6.07) is -0.614. The number of likely N-dealkylation sites (N-methyl/N-ethyl adjacent to an activating group) is 1. The Labute approximate surface area is 371 Å². The minimum atomic E-state index is -0.873. The Bertz CT molecular complexity index is 1040. The van der Waals surface area contributed by atoms with Gasteiger partial charge in [0.25, 0.3) is 0 Å². The van der Waals surface area contributed by atoms with E-state index in [2.05, 4.69) is 38.2 Å². The Morgan fingerprint density at radius 3 is 1.28 bits per heavy atom. The molecule has 0 spiro atoms. The number of carbonyl (C=O) groups is 3. The lowest BCUT2D eigenvalue weighted by Gasteiger charge is -2.31. The second kappa shape index (κ2) is 43.5. The summed E-state index contributed by atoms with van der Waals surface area (Å²) in [7, 11) is 5.54. The van der Waals surface area contributed by atoms with Crippen LogP contribution in [0.4, 0.5) is 0 Å². The van der Waals surface area contributed by atoms with Crippen LogP contribution in [-0.4, -0.2) is 80.6 Å². The van der Waals surface area contributed by atoms with E-state index in [4.69, 9.17) is 14.2 Å². The average molecular weight is 849 g/mol. The van der Waals surface area contributed by atoms with Gasteiger partial charge in [0, 0.05) is 19.3 Å². The van der Waals surface area contributed by atoms with Crippen LogP contribution in [0.2, 0.25) is 0 Å². The molecule has 0 aliphatic heterocycles. The Morgan fingerprint density at radius 2 is 0.867 bits per heavy atom. The number of hydrogen-bond acceptors (Lipinski definition) is 6. The largest absolute Gasteiger partial charge is 0.477 e. The van der Waals surface area contributed by atoms with E-state index in [0.29, 0.717) is 19.3 Å². The molecule has 0 radical (unpaired) electrons. The van der Waals surface area contributed by atoms with Gasteiger partial charge in [-0.3, -0.25) is 9.59 Å². The number of nitrogens with zero attached hydrogens (tertiary/aromatic N) is 1. The number of carboxylic acid groups (broad SMARTS) is 1. The van der Waals surface area contributed by atoms with Gasteiger partial charge in [-0.25, -0.2) is 4.79 Å². The summed E-state index contributed by atoms with van der Waals surface area (Å²) < 4.78 is 17.3. The zero-order valence-corrected chi connectivity index (χ0v) is 40.2. The number of esters is 2. The lowest BCUT2D eigenvalue weighted by Crippen LogP contribution is -2.50. The van der Waals surface area contributed by atoms with E-state index < -0.39 is 18.1 Å². The molecule has 1 N–H and O–H groups in total. The Morgan fingerprint density at radius 1 is 0.500 bits per heavy atom. The monoisotopic (exact) mass is 849 g/mol. The molecule has 0 saturated carbocycles. The van der Waals surface area contributed by atoms with Gasteiger partial charge in [0.15, 0.2) is 12.1 Å². The molecular weight excluding hydrogens is 751 g/mol. The van der Waals surface area contributed by atoms with Gasteiger partial charge in [-0.1, -0.05) is 205 Å². The van der Waals surface area contributed by atoms with Crippen LogP contribution in [-0.2, 0) is 28.6 Å². The van der Waals surface area contributed by atoms with Crippen molar-refractivity contribution in [3.8, 4) is 0 Å². The highest BCUT2D eigenvalue weighted by Gasteiger charge is 2.31.